The van der Waals surface area contributed by atoms with E-state index < -0.39 is 0 Å². The molecule has 4 aromatic rings. The molecule has 1 fully saturated rings. The molecule has 4 heterocycles. The number of carbonyl (C=O) groups is 2. The molecule has 11 heteroatoms. The van der Waals surface area contributed by atoms with E-state index in [0.717, 1.165) is 45.4 Å². The fourth-order valence-corrected chi connectivity index (χ4v) is 6.18. The number of amides is 2. The number of carbonyl (C=O) groups excluding carboxylic acids is 2. The van der Waals surface area contributed by atoms with Gasteiger partial charge in [-0.15, -0.1) is 0 Å². The number of hydrogen-bond acceptors (Lipinski definition) is 7. The van der Waals surface area contributed by atoms with Gasteiger partial charge in [0.1, 0.15) is 5.82 Å². The zero-order valence-corrected chi connectivity index (χ0v) is 25.2. The highest BCUT2D eigenvalue weighted by atomic mass is 35.5. The van der Waals surface area contributed by atoms with Gasteiger partial charge in [-0.05, 0) is 25.6 Å². The van der Waals surface area contributed by atoms with Crippen molar-refractivity contribution in [3.63, 3.8) is 0 Å². The Kier molecular flexibility index (Phi) is 8.32. The summed E-state index contributed by atoms with van der Waals surface area (Å²) in [5, 5.41) is 9.98. The van der Waals surface area contributed by atoms with Gasteiger partial charge in [-0.3, -0.25) is 14.5 Å². The third kappa shape index (κ3) is 5.94. The first kappa shape index (κ1) is 29.1. The normalized spacial score (nSPS) is 16.4. The minimum atomic E-state index is -0.123. The summed E-state index contributed by atoms with van der Waals surface area (Å²) < 4.78 is 5.66. The van der Waals surface area contributed by atoms with Crippen molar-refractivity contribution in [2.75, 3.05) is 26.0 Å². The Morgan fingerprint density at radius 3 is 2.40 bits per heavy atom. The molecule has 2 aromatic heterocycles. The standard InChI is InChI=1S/C32H30Cl2N6O3/c1-40(26-11-12-27(41)38-26)17-18-9-10-25(37-32(18)43-2)24-8-4-7-23(30(24)34)22-6-3-5-21(29(22)33)19-13-20-14-35-16-28(42)39-31(20)36-15-19/h3-10,13,15,26,35H,11-12,14,16-17H2,1-2H3,(H,38,41)(H,36,39,42)/t26-/m0/s1. The van der Waals surface area contributed by atoms with Crippen LogP contribution in [-0.4, -0.2) is 53.6 Å². The second-order valence-electron chi connectivity index (χ2n) is 10.6. The summed E-state index contributed by atoms with van der Waals surface area (Å²) in [4.78, 5) is 34.9. The van der Waals surface area contributed by atoms with Crippen LogP contribution in [0, 0.1) is 0 Å². The molecule has 0 aliphatic carbocycles. The highest BCUT2D eigenvalue weighted by molar-refractivity contribution is 6.39. The lowest BCUT2D eigenvalue weighted by Crippen LogP contribution is -2.40. The van der Waals surface area contributed by atoms with Crippen LogP contribution < -0.4 is 20.7 Å². The first-order chi connectivity index (χ1) is 20.8. The van der Waals surface area contributed by atoms with Crippen LogP contribution >= 0.6 is 23.2 Å². The van der Waals surface area contributed by atoms with Gasteiger partial charge in [0.25, 0.3) is 0 Å². The quantitative estimate of drug-likeness (QED) is 0.251. The number of nitrogens with one attached hydrogen (secondary N) is 3. The van der Waals surface area contributed by atoms with E-state index in [1.54, 1.807) is 13.3 Å². The smallest absolute Gasteiger partial charge is 0.239 e. The molecule has 1 atom stereocenters. The number of rotatable bonds is 7. The molecule has 2 aliphatic heterocycles. The van der Waals surface area contributed by atoms with Crippen LogP contribution in [0.15, 0.2) is 60.8 Å². The fourth-order valence-electron chi connectivity index (χ4n) is 5.52. The molecular weight excluding hydrogens is 587 g/mol. The summed E-state index contributed by atoms with van der Waals surface area (Å²) in [6, 6.07) is 17.5. The van der Waals surface area contributed by atoms with Crippen LogP contribution in [0.1, 0.15) is 24.0 Å². The number of nitrogens with zero attached hydrogens (tertiary/aromatic N) is 3. The lowest BCUT2D eigenvalue weighted by molar-refractivity contribution is -0.120. The molecule has 1 saturated heterocycles. The number of hydrogen-bond donors (Lipinski definition) is 3. The third-order valence-electron chi connectivity index (χ3n) is 7.76. The van der Waals surface area contributed by atoms with E-state index in [1.807, 2.05) is 61.6 Å². The Hall–Kier alpha value is -4.02. The lowest BCUT2D eigenvalue weighted by atomic mass is 9.96. The first-order valence-electron chi connectivity index (χ1n) is 13.9. The van der Waals surface area contributed by atoms with Gasteiger partial charge < -0.3 is 20.7 Å². The molecular formula is C32H30Cl2N6O3. The Morgan fingerprint density at radius 1 is 0.953 bits per heavy atom. The average Bonchev–Trinajstić information content (AvgIpc) is 3.36. The van der Waals surface area contributed by atoms with E-state index >= 15 is 0 Å². The summed E-state index contributed by atoms with van der Waals surface area (Å²) in [6.07, 6.45) is 3.01. The van der Waals surface area contributed by atoms with Crippen molar-refractivity contribution in [2.24, 2.45) is 0 Å². The molecule has 43 heavy (non-hydrogen) atoms. The maximum atomic E-state index is 11.9. The monoisotopic (exact) mass is 616 g/mol. The zero-order valence-electron chi connectivity index (χ0n) is 23.7. The molecule has 6 rings (SSSR count). The number of methoxy groups -OCH3 is 1. The van der Waals surface area contributed by atoms with Gasteiger partial charge in [-0.25, -0.2) is 9.97 Å². The number of aromatic nitrogens is 2. The van der Waals surface area contributed by atoms with E-state index in [9.17, 15) is 9.59 Å². The van der Waals surface area contributed by atoms with Crippen molar-refractivity contribution in [3.05, 3.63) is 82.0 Å². The summed E-state index contributed by atoms with van der Waals surface area (Å²) in [5.41, 5.74) is 6.38. The number of fused-ring (bicyclic) bond motifs is 1. The lowest BCUT2D eigenvalue weighted by Gasteiger charge is -2.24. The van der Waals surface area contributed by atoms with E-state index in [0.29, 0.717) is 46.9 Å². The largest absolute Gasteiger partial charge is 0.481 e. The molecule has 0 saturated carbocycles. The van der Waals surface area contributed by atoms with Crippen molar-refractivity contribution in [1.29, 1.82) is 0 Å². The predicted octanol–water partition coefficient (Wildman–Crippen LogP) is 5.50. The topological polar surface area (TPSA) is 108 Å². The van der Waals surface area contributed by atoms with Crippen molar-refractivity contribution >= 4 is 40.8 Å². The van der Waals surface area contributed by atoms with Crippen molar-refractivity contribution < 1.29 is 14.3 Å². The van der Waals surface area contributed by atoms with Gasteiger partial charge in [-0.2, -0.15) is 0 Å². The number of anilines is 1. The summed E-state index contributed by atoms with van der Waals surface area (Å²) in [6.45, 7) is 1.32. The minimum absolute atomic E-state index is 0.0114. The Bertz CT molecular complexity index is 1730. The SMILES string of the molecule is COc1nc(-c2cccc(-c3cccc(-c4cnc5c(c4)CNCC(=O)N5)c3Cl)c2Cl)ccc1CN(C)[C@H]1CCC(=O)N1. The molecule has 3 N–H and O–H groups in total. The van der Waals surface area contributed by atoms with E-state index in [4.69, 9.17) is 32.9 Å². The van der Waals surface area contributed by atoms with Crippen LogP contribution in [0.5, 0.6) is 5.88 Å². The molecule has 0 unspecified atom stereocenters. The highest BCUT2D eigenvalue weighted by Gasteiger charge is 2.25. The van der Waals surface area contributed by atoms with Crippen molar-refractivity contribution in [1.82, 2.24) is 25.5 Å². The molecule has 0 radical (unpaired) electrons. The van der Waals surface area contributed by atoms with Gasteiger partial charge >= 0.3 is 0 Å². The van der Waals surface area contributed by atoms with Gasteiger partial charge in [0, 0.05) is 64.7 Å². The van der Waals surface area contributed by atoms with E-state index in [-0.39, 0.29) is 24.5 Å². The van der Waals surface area contributed by atoms with Crippen LogP contribution in [0.25, 0.3) is 33.5 Å². The Labute approximate surface area is 259 Å². The van der Waals surface area contributed by atoms with Crippen LogP contribution in [0.3, 0.4) is 0 Å². The molecule has 9 nitrogen and oxygen atoms in total. The van der Waals surface area contributed by atoms with Crippen LogP contribution in [0.2, 0.25) is 10.0 Å². The average molecular weight is 618 g/mol. The van der Waals surface area contributed by atoms with Gasteiger partial charge in [0.2, 0.25) is 17.7 Å². The number of pyridine rings is 2. The van der Waals surface area contributed by atoms with Gasteiger partial charge in [-0.1, -0.05) is 65.7 Å². The molecule has 0 spiro atoms. The maximum Gasteiger partial charge on any atom is 0.239 e. The van der Waals surface area contributed by atoms with Gasteiger partial charge in [0.05, 0.1) is 35.6 Å². The molecule has 2 aliphatic rings. The Balaban J connectivity index is 1.31. The fraction of sp³-hybridized carbons (Fsp3) is 0.250. The first-order valence-corrected chi connectivity index (χ1v) is 14.7. The summed E-state index contributed by atoms with van der Waals surface area (Å²) >= 11 is 14.1. The minimum Gasteiger partial charge on any atom is -0.481 e. The maximum absolute atomic E-state index is 11.9. The third-order valence-corrected chi connectivity index (χ3v) is 8.57. The zero-order chi connectivity index (χ0) is 30.1. The predicted molar refractivity (Wildman–Crippen MR) is 168 cm³/mol. The van der Waals surface area contributed by atoms with Crippen molar-refractivity contribution in [3.8, 4) is 39.4 Å². The molecule has 2 amide bonds. The van der Waals surface area contributed by atoms with Crippen LogP contribution in [0.4, 0.5) is 5.82 Å². The molecule has 220 valence electrons. The number of benzene rings is 2. The summed E-state index contributed by atoms with van der Waals surface area (Å²) in [7, 11) is 3.57. The summed E-state index contributed by atoms with van der Waals surface area (Å²) in [5.74, 6) is 0.991. The number of halogens is 2. The highest BCUT2D eigenvalue weighted by Crippen LogP contribution is 2.42. The number of ether oxygens (including phenoxy) is 1. The molecule has 0 bridgehead atoms. The second kappa shape index (κ2) is 12.3. The van der Waals surface area contributed by atoms with Crippen molar-refractivity contribution in [2.45, 2.75) is 32.1 Å². The van der Waals surface area contributed by atoms with E-state index in [1.165, 1.54) is 0 Å². The van der Waals surface area contributed by atoms with E-state index in [2.05, 4.69) is 25.8 Å². The molecule has 2 aromatic carbocycles. The second-order valence-corrected chi connectivity index (χ2v) is 11.4. The Morgan fingerprint density at radius 2 is 1.67 bits per heavy atom. The van der Waals surface area contributed by atoms with Gasteiger partial charge in [0.15, 0.2) is 0 Å². The van der Waals surface area contributed by atoms with Crippen LogP contribution in [-0.2, 0) is 22.7 Å².